The van der Waals surface area contributed by atoms with E-state index in [0.29, 0.717) is 5.69 Å². The van der Waals surface area contributed by atoms with Crippen LogP contribution in [0.2, 0.25) is 0 Å². The minimum absolute atomic E-state index is 0.0286. The van der Waals surface area contributed by atoms with Crippen LogP contribution in [0.4, 0.5) is 5.69 Å². The van der Waals surface area contributed by atoms with E-state index in [-0.39, 0.29) is 16.3 Å². The van der Waals surface area contributed by atoms with Crippen LogP contribution in [0.3, 0.4) is 0 Å². The summed E-state index contributed by atoms with van der Waals surface area (Å²) in [7, 11) is -2.66. The number of fused-ring (bicyclic) bond motifs is 1. The number of benzene rings is 2. The minimum atomic E-state index is -3.90. The summed E-state index contributed by atoms with van der Waals surface area (Å²) in [5, 5.41) is 3.37. The van der Waals surface area contributed by atoms with Crippen LogP contribution in [0.15, 0.2) is 58.8 Å². The van der Waals surface area contributed by atoms with Crippen molar-refractivity contribution in [3.05, 3.63) is 58.8 Å². The molecule has 0 spiro atoms. The molecular formula is C18H17NO4S2. The second kappa shape index (κ2) is 6.85. The molecule has 130 valence electrons. The van der Waals surface area contributed by atoms with Gasteiger partial charge in [0, 0.05) is 11.9 Å². The van der Waals surface area contributed by atoms with E-state index in [2.05, 4.69) is 0 Å². The molecule has 0 fully saturated rings. The number of thiophene rings is 1. The first-order valence-corrected chi connectivity index (χ1v) is 9.99. The highest BCUT2D eigenvalue weighted by atomic mass is 32.2. The Morgan fingerprint density at radius 2 is 1.84 bits per heavy atom. The van der Waals surface area contributed by atoms with Crippen molar-refractivity contribution >= 4 is 43.8 Å². The van der Waals surface area contributed by atoms with Crippen LogP contribution in [0, 0.1) is 0 Å². The number of rotatable bonds is 5. The molecule has 0 saturated heterocycles. The lowest BCUT2D eigenvalue weighted by atomic mass is 10.1. The molecule has 0 radical (unpaired) electrons. The fourth-order valence-electron chi connectivity index (χ4n) is 2.76. The Labute approximate surface area is 150 Å². The van der Waals surface area contributed by atoms with E-state index in [1.165, 1.54) is 17.5 Å². The number of sulfonamides is 1. The maximum absolute atomic E-state index is 13.2. The Hall–Kier alpha value is -2.38. The van der Waals surface area contributed by atoms with Crippen LogP contribution in [0.25, 0.3) is 10.8 Å². The van der Waals surface area contributed by atoms with Crippen LogP contribution in [0.1, 0.15) is 16.6 Å². The zero-order valence-electron chi connectivity index (χ0n) is 13.8. The monoisotopic (exact) mass is 375 g/mol. The Kier molecular flexibility index (Phi) is 4.78. The predicted octanol–water partition coefficient (Wildman–Crippen LogP) is 3.90. The van der Waals surface area contributed by atoms with Gasteiger partial charge in [0.25, 0.3) is 10.0 Å². The van der Waals surface area contributed by atoms with Crippen LogP contribution in [-0.4, -0.2) is 28.0 Å². The highest BCUT2D eigenvalue weighted by molar-refractivity contribution is 7.93. The first kappa shape index (κ1) is 17.4. The largest absolute Gasteiger partial charge is 0.465 e. The lowest BCUT2D eigenvalue weighted by Crippen LogP contribution is -2.31. The zero-order valence-corrected chi connectivity index (χ0v) is 15.4. The molecular weight excluding hydrogens is 358 g/mol. The molecule has 1 aromatic heterocycles. The molecule has 3 aromatic rings. The molecule has 0 aliphatic rings. The number of methoxy groups -OCH3 is 1. The molecule has 7 heteroatoms. The molecule has 25 heavy (non-hydrogen) atoms. The van der Waals surface area contributed by atoms with E-state index >= 15 is 0 Å². The number of hydrogen-bond donors (Lipinski definition) is 0. The number of ether oxygens (including phenoxy) is 1. The van der Waals surface area contributed by atoms with Gasteiger partial charge in [-0.15, -0.1) is 11.3 Å². The average Bonchev–Trinajstić information content (AvgIpc) is 3.12. The van der Waals surface area contributed by atoms with Gasteiger partial charge in [-0.3, -0.25) is 4.31 Å². The lowest BCUT2D eigenvalue weighted by Gasteiger charge is -2.24. The average molecular weight is 375 g/mol. The molecule has 0 bridgehead atoms. The molecule has 1 heterocycles. The number of carbonyl (C=O) groups is 1. The van der Waals surface area contributed by atoms with Gasteiger partial charge in [-0.1, -0.05) is 36.4 Å². The SMILES string of the molecule is CCN(c1cccc2ccccc12)S(=O)(=O)c1ccsc1C(=O)OC. The molecule has 0 saturated carbocycles. The summed E-state index contributed by atoms with van der Waals surface area (Å²) in [6.45, 7) is 2.01. The van der Waals surface area contributed by atoms with E-state index in [9.17, 15) is 13.2 Å². The standard InChI is InChI=1S/C18H17NO4S2/c1-3-19(15-10-6-8-13-7-4-5-9-14(13)15)25(21,22)16-11-12-24-17(16)18(20)23-2/h4-12H,3H2,1-2H3. The summed E-state index contributed by atoms with van der Waals surface area (Å²) in [5.41, 5.74) is 0.586. The number of hydrogen-bond acceptors (Lipinski definition) is 5. The maximum atomic E-state index is 13.2. The summed E-state index contributed by atoms with van der Waals surface area (Å²) in [6.07, 6.45) is 0. The van der Waals surface area contributed by atoms with Crippen LogP contribution >= 0.6 is 11.3 Å². The highest BCUT2D eigenvalue weighted by Gasteiger charge is 2.30. The normalized spacial score (nSPS) is 11.4. The third-order valence-electron chi connectivity index (χ3n) is 3.89. The fourth-order valence-corrected chi connectivity index (χ4v) is 5.56. The van der Waals surface area contributed by atoms with Crippen molar-refractivity contribution in [2.24, 2.45) is 0 Å². The lowest BCUT2D eigenvalue weighted by molar-refractivity contribution is 0.0602. The topological polar surface area (TPSA) is 63.7 Å². The second-order valence-electron chi connectivity index (χ2n) is 5.27. The van der Waals surface area contributed by atoms with Gasteiger partial charge < -0.3 is 4.74 Å². The third-order valence-corrected chi connectivity index (χ3v) is 6.85. The molecule has 0 atom stereocenters. The predicted molar refractivity (Wildman–Crippen MR) is 99.8 cm³/mol. The van der Waals surface area contributed by atoms with Crippen molar-refractivity contribution in [2.75, 3.05) is 18.0 Å². The van der Waals surface area contributed by atoms with Crippen LogP contribution < -0.4 is 4.31 Å². The van der Waals surface area contributed by atoms with Gasteiger partial charge in [0.2, 0.25) is 0 Å². The molecule has 0 aliphatic carbocycles. The van der Waals surface area contributed by atoms with Gasteiger partial charge >= 0.3 is 5.97 Å². The van der Waals surface area contributed by atoms with Crippen molar-refractivity contribution in [3.63, 3.8) is 0 Å². The van der Waals surface area contributed by atoms with E-state index in [4.69, 9.17) is 4.74 Å². The molecule has 2 aromatic carbocycles. The molecule has 0 unspecified atom stereocenters. The maximum Gasteiger partial charge on any atom is 0.349 e. The quantitative estimate of drug-likeness (QED) is 0.635. The van der Waals surface area contributed by atoms with E-state index in [0.717, 1.165) is 22.1 Å². The highest BCUT2D eigenvalue weighted by Crippen LogP contribution is 2.33. The van der Waals surface area contributed by atoms with Crippen LogP contribution in [0.5, 0.6) is 0 Å². The Bertz CT molecular complexity index is 1020. The van der Waals surface area contributed by atoms with Crippen LogP contribution in [-0.2, 0) is 14.8 Å². The van der Waals surface area contributed by atoms with Gasteiger partial charge in [0.05, 0.1) is 12.8 Å². The van der Waals surface area contributed by atoms with Crippen molar-refractivity contribution < 1.29 is 17.9 Å². The summed E-state index contributed by atoms with van der Waals surface area (Å²) >= 11 is 1.06. The number of carbonyl (C=O) groups excluding carboxylic acids is 1. The summed E-state index contributed by atoms with van der Waals surface area (Å²) < 4.78 is 32.5. The van der Waals surface area contributed by atoms with Crippen molar-refractivity contribution in [3.8, 4) is 0 Å². The second-order valence-corrected chi connectivity index (χ2v) is 8.02. The van der Waals surface area contributed by atoms with E-state index in [1.807, 2.05) is 36.4 Å². The first-order chi connectivity index (χ1) is 12.0. The Balaban J connectivity index is 2.18. The van der Waals surface area contributed by atoms with Crippen molar-refractivity contribution in [2.45, 2.75) is 11.8 Å². The van der Waals surface area contributed by atoms with Gasteiger partial charge in [-0.25, -0.2) is 13.2 Å². The zero-order chi connectivity index (χ0) is 18.0. The molecule has 3 rings (SSSR count). The van der Waals surface area contributed by atoms with E-state index in [1.54, 1.807) is 18.4 Å². The van der Waals surface area contributed by atoms with Gasteiger partial charge in [0.1, 0.15) is 9.77 Å². The van der Waals surface area contributed by atoms with Gasteiger partial charge in [-0.2, -0.15) is 0 Å². The molecule has 5 nitrogen and oxygen atoms in total. The smallest absolute Gasteiger partial charge is 0.349 e. The molecule has 0 aliphatic heterocycles. The fraction of sp³-hybridized carbons (Fsp3) is 0.167. The van der Waals surface area contributed by atoms with Crippen molar-refractivity contribution in [1.82, 2.24) is 0 Å². The number of anilines is 1. The van der Waals surface area contributed by atoms with E-state index < -0.39 is 16.0 Å². The minimum Gasteiger partial charge on any atom is -0.465 e. The first-order valence-electron chi connectivity index (χ1n) is 7.67. The third kappa shape index (κ3) is 3.01. The van der Waals surface area contributed by atoms with Gasteiger partial charge in [-0.05, 0) is 29.8 Å². The number of esters is 1. The van der Waals surface area contributed by atoms with Gasteiger partial charge in [0.15, 0.2) is 0 Å². The summed E-state index contributed by atoms with van der Waals surface area (Å²) in [4.78, 5) is 12.0. The van der Waals surface area contributed by atoms with Crippen molar-refractivity contribution in [1.29, 1.82) is 0 Å². The molecule has 0 amide bonds. The number of nitrogens with zero attached hydrogens (tertiary/aromatic N) is 1. The molecule has 0 N–H and O–H groups in total. The summed E-state index contributed by atoms with van der Waals surface area (Å²) in [6, 6.07) is 14.6. The summed E-state index contributed by atoms with van der Waals surface area (Å²) in [5.74, 6) is -0.650. The Morgan fingerprint density at radius 1 is 1.12 bits per heavy atom. The Morgan fingerprint density at radius 3 is 2.56 bits per heavy atom.